The average Bonchev–Trinajstić information content (AvgIpc) is 3.24. The van der Waals surface area contributed by atoms with Crippen LogP contribution in [0, 0.1) is 6.92 Å². The molecule has 4 aromatic rings. The van der Waals surface area contributed by atoms with Gasteiger partial charge in [0.2, 0.25) is 0 Å². The van der Waals surface area contributed by atoms with Gasteiger partial charge in [-0.1, -0.05) is 77.4 Å². The molecule has 0 aliphatic rings. The Morgan fingerprint density at radius 1 is 0.919 bits per heavy atom. The Bertz CT molecular complexity index is 1410. The Morgan fingerprint density at radius 2 is 1.62 bits per heavy atom. The molecule has 0 amide bonds. The lowest BCUT2D eigenvalue weighted by Crippen LogP contribution is -2.12. The van der Waals surface area contributed by atoms with Gasteiger partial charge in [0, 0.05) is 21.7 Å². The number of halogens is 1. The highest BCUT2D eigenvalue weighted by Crippen LogP contribution is 2.32. The van der Waals surface area contributed by atoms with E-state index < -0.39 is 12.1 Å². The van der Waals surface area contributed by atoms with Crippen LogP contribution in [0.5, 0.6) is 0 Å². The predicted octanol–water partition coefficient (Wildman–Crippen LogP) is 6.92. The zero-order chi connectivity index (χ0) is 26.4. The number of aryl methyl sites for hydroxylation is 1. The van der Waals surface area contributed by atoms with E-state index in [-0.39, 0.29) is 18.8 Å². The molecule has 1 unspecified atom stereocenters. The fourth-order valence-electron chi connectivity index (χ4n) is 4.15. The van der Waals surface area contributed by atoms with Crippen molar-refractivity contribution in [2.45, 2.75) is 39.7 Å². The number of esters is 2. The Labute approximate surface area is 221 Å². The lowest BCUT2D eigenvalue weighted by molar-refractivity contribution is -0.147. The lowest BCUT2D eigenvalue weighted by Gasteiger charge is -2.15. The van der Waals surface area contributed by atoms with Crippen LogP contribution in [0.15, 0.2) is 77.3 Å². The maximum Gasteiger partial charge on any atom is 0.311 e. The van der Waals surface area contributed by atoms with Crippen LogP contribution in [0.4, 0.5) is 0 Å². The summed E-state index contributed by atoms with van der Waals surface area (Å²) in [5.41, 5.74) is 5.60. The first-order valence-electron chi connectivity index (χ1n) is 12.1. The van der Waals surface area contributed by atoms with E-state index in [9.17, 15) is 9.59 Å². The van der Waals surface area contributed by atoms with Crippen molar-refractivity contribution in [3.05, 3.63) is 100 Å². The number of carbonyl (C=O) groups excluding carboxylic acids is 2. The minimum Gasteiger partial charge on any atom is -0.466 e. The first-order chi connectivity index (χ1) is 17.9. The summed E-state index contributed by atoms with van der Waals surface area (Å²) < 4.78 is 16.4. The zero-order valence-corrected chi connectivity index (χ0v) is 21.7. The third kappa shape index (κ3) is 6.46. The van der Waals surface area contributed by atoms with E-state index in [1.807, 2.05) is 66.7 Å². The summed E-state index contributed by atoms with van der Waals surface area (Å²) in [4.78, 5) is 24.7. The maximum absolute atomic E-state index is 12.8. The van der Waals surface area contributed by atoms with E-state index in [0.717, 1.165) is 27.8 Å². The minimum absolute atomic E-state index is 0.0126. The van der Waals surface area contributed by atoms with Crippen LogP contribution in [0.3, 0.4) is 0 Å². The van der Waals surface area contributed by atoms with Crippen molar-refractivity contribution in [1.29, 1.82) is 0 Å². The van der Waals surface area contributed by atoms with Crippen molar-refractivity contribution >= 4 is 23.5 Å². The van der Waals surface area contributed by atoms with Crippen LogP contribution in [-0.4, -0.2) is 23.7 Å². The van der Waals surface area contributed by atoms with Gasteiger partial charge in [-0.3, -0.25) is 9.59 Å². The Balaban J connectivity index is 1.54. The van der Waals surface area contributed by atoms with Crippen LogP contribution in [0.2, 0.25) is 5.02 Å². The molecule has 0 N–H and O–H groups in total. The van der Waals surface area contributed by atoms with Gasteiger partial charge < -0.3 is 14.0 Å². The molecule has 37 heavy (non-hydrogen) atoms. The van der Waals surface area contributed by atoms with Gasteiger partial charge >= 0.3 is 11.9 Å². The highest BCUT2D eigenvalue weighted by Gasteiger charge is 2.21. The van der Waals surface area contributed by atoms with Gasteiger partial charge in [-0.25, -0.2) is 0 Å². The van der Waals surface area contributed by atoms with Crippen molar-refractivity contribution < 1.29 is 23.6 Å². The van der Waals surface area contributed by atoms with Gasteiger partial charge in [-0.05, 0) is 49.6 Å². The van der Waals surface area contributed by atoms with Crippen LogP contribution in [0.1, 0.15) is 42.3 Å². The fourth-order valence-corrected chi connectivity index (χ4v) is 4.44. The molecule has 6 nitrogen and oxygen atoms in total. The Morgan fingerprint density at radius 3 is 2.38 bits per heavy atom. The molecule has 1 aromatic heterocycles. The van der Waals surface area contributed by atoms with E-state index in [2.05, 4.69) is 5.16 Å². The van der Waals surface area contributed by atoms with Crippen molar-refractivity contribution in [2.24, 2.45) is 0 Å². The topological polar surface area (TPSA) is 78.6 Å². The standard InChI is InChI=1S/C30H28ClNO5/c1-4-35-28(33)16-21-9-7-10-22(15-21)23-11-8-12-24(17-23)30-26(19(2)32-37-30)18-29(34)36-20(3)25-13-5-6-14-27(25)31/h5-15,17,20H,4,16,18H2,1-3H3. The molecule has 0 radical (unpaired) electrons. The van der Waals surface area contributed by atoms with E-state index in [0.29, 0.717) is 28.6 Å². The Kier molecular flexibility index (Phi) is 8.41. The van der Waals surface area contributed by atoms with Gasteiger partial charge in [-0.2, -0.15) is 0 Å². The molecule has 0 spiro atoms. The lowest BCUT2D eigenvalue weighted by atomic mass is 9.97. The molecule has 0 saturated carbocycles. The summed E-state index contributed by atoms with van der Waals surface area (Å²) in [7, 11) is 0. The first kappa shape index (κ1) is 26.2. The van der Waals surface area contributed by atoms with Crippen molar-refractivity contribution in [1.82, 2.24) is 5.16 Å². The third-order valence-corrected chi connectivity index (χ3v) is 6.34. The monoisotopic (exact) mass is 517 g/mol. The van der Waals surface area contributed by atoms with Crippen LogP contribution < -0.4 is 0 Å². The van der Waals surface area contributed by atoms with Gasteiger partial charge in [0.25, 0.3) is 0 Å². The maximum atomic E-state index is 12.8. The van der Waals surface area contributed by atoms with Gasteiger partial charge in [0.15, 0.2) is 5.76 Å². The fraction of sp³-hybridized carbons (Fsp3) is 0.233. The quantitative estimate of drug-likeness (QED) is 0.224. The number of rotatable bonds is 9. The molecule has 0 aliphatic heterocycles. The Hall–Kier alpha value is -3.90. The molecule has 0 saturated heterocycles. The zero-order valence-electron chi connectivity index (χ0n) is 21.0. The smallest absolute Gasteiger partial charge is 0.311 e. The molecule has 1 heterocycles. The summed E-state index contributed by atoms with van der Waals surface area (Å²) in [6.45, 7) is 5.74. The van der Waals surface area contributed by atoms with Crippen LogP contribution in [0.25, 0.3) is 22.5 Å². The predicted molar refractivity (Wildman–Crippen MR) is 142 cm³/mol. The number of nitrogens with zero attached hydrogens (tertiary/aromatic N) is 1. The second-order valence-electron chi connectivity index (χ2n) is 8.67. The molecule has 190 valence electrons. The summed E-state index contributed by atoms with van der Waals surface area (Å²) in [5, 5.41) is 4.66. The summed E-state index contributed by atoms with van der Waals surface area (Å²) in [6.07, 6.45) is -0.268. The van der Waals surface area contributed by atoms with Gasteiger partial charge in [-0.15, -0.1) is 0 Å². The van der Waals surface area contributed by atoms with Crippen molar-refractivity contribution in [3.63, 3.8) is 0 Å². The third-order valence-electron chi connectivity index (χ3n) is 6.00. The SMILES string of the molecule is CCOC(=O)Cc1cccc(-c2cccc(-c3onc(C)c3CC(=O)OC(C)c3ccccc3Cl)c2)c1. The summed E-state index contributed by atoms with van der Waals surface area (Å²) >= 11 is 6.25. The molecular formula is C30H28ClNO5. The molecule has 1 atom stereocenters. The second kappa shape index (κ2) is 11.9. The molecule has 0 bridgehead atoms. The average molecular weight is 518 g/mol. The number of hydrogen-bond acceptors (Lipinski definition) is 6. The van der Waals surface area contributed by atoms with Crippen LogP contribution in [-0.2, 0) is 31.9 Å². The normalized spacial score (nSPS) is 11.7. The van der Waals surface area contributed by atoms with E-state index in [1.54, 1.807) is 26.8 Å². The first-order valence-corrected chi connectivity index (χ1v) is 12.5. The summed E-state index contributed by atoms with van der Waals surface area (Å²) in [5.74, 6) is -0.141. The number of aromatic nitrogens is 1. The minimum atomic E-state index is -0.491. The van der Waals surface area contributed by atoms with Gasteiger partial charge in [0.1, 0.15) is 6.10 Å². The highest BCUT2D eigenvalue weighted by atomic mass is 35.5. The van der Waals surface area contributed by atoms with E-state index in [1.165, 1.54) is 0 Å². The number of benzene rings is 3. The van der Waals surface area contributed by atoms with Gasteiger partial charge in [0.05, 0.1) is 25.1 Å². The number of ether oxygens (including phenoxy) is 2. The molecule has 0 aliphatic carbocycles. The number of carbonyl (C=O) groups is 2. The highest BCUT2D eigenvalue weighted by molar-refractivity contribution is 6.31. The number of hydrogen-bond donors (Lipinski definition) is 0. The van der Waals surface area contributed by atoms with E-state index in [4.69, 9.17) is 25.6 Å². The molecule has 7 heteroatoms. The molecule has 3 aromatic carbocycles. The van der Waals surface area contributed by atoms with Crippen molar-refractivity contribution in [2.75, 3.05) is 6.61 Å². The largest absolute Gasteiger partial charge is 0.466 e. The molecule has 0 fully saturated rings. The van der Waals surface area contributed by atoms with Crippen molar-refractivity contribution in [3.8, 4) is 22.5 Å². The summed E-state index contributed by atoms with van der Waals surface area (Å²) in [6, 6.07) is 22.8. The molecule has 4 rings (SSSR count). The van der Waals surface area contributed by atoms with E-state index >= 15 is 0 Å². The second-order valence-corrected chi connectivity index (χ2v) is 9.08. The molecular weight excluding hydrogens is 490 g/mol. The van der Waals surface area contributed by atoms with Crippen LogP contribution >= 0.6 is 11.6 Å².